The number of hydrogen-bond donors (Lipinski definition) is 1. The van der Waals surface area contributed by atoms with E-state index in [1.165, 1.54) is 0 Å². The molecule has 0 aliphatic carbocycles. The lowest BCUT2D eigenvalue weighted by Gasteiger charge is -2.11. The van der Waals surface area contributed by atoms with Crippen molar-refractivity contribution < 1.29 is 19.4 Å². The molecule has 0 amide bonds. The van der Waals surface area contributed by atoms with Gasteiger partial charge >= 0.3 is 5.97 Å². The Morgan fingerprint density at radius 3 is 2.24 bits per heavy atom. The Hall–Kier alpha value is -3.02. The Morgan fingerprint density at radius 1 is 0.966 bits per heavy atom. The number of carbonyl (C=O) groups is 2. The summed E-state index contributed by atoms with van der Waals surface area (Å²) in [5, 5.41) is 11.5. The molecule has 0 aliphatic heterocycles. The van der Waals surface area contributed by atoms with Gasteiger partial charge in [0.2, 0.25) is 0 Å². The zero-order chi connectivity index (χ0) is 20.5. The number of fused-ring (bicyclic) bond motifs is 3. The second-order valence-electron chi connectivity index (χ2n) is 6.48. The molecular formula is C22H15Cl2NO4. The number of halogens is 2. The van der Waals surface area contributed by atoms with Crippen LogP contribution in [0.5, 0.6) is 5.75 Å². The van der Waals surface area contributed by atoms with Gasteiger partial charge in [-0.3, -0.25) is 4.79 Å². The molecule has 29 heavy (non-hydrogen) atoms. The van der Waals surface area contributed by atoms with E-state index in [9.17, 15) is 9.59 Å². The van der Waals surface area contributed by atoms with Crippen molar-refractivity contribution in [2.24, 2.45) is 0 Å². The number of aliphatic carboxylic acids is 1. The van der Waals surface area contributed by atoms with Crippen LogP contribution in [-0.4, -0.2) is 28.5 Å². The van der Waals surface area contributed by atoms with E-state index >= 15 is 0 Å². The molecule has 0 unspecified atom stereocenters. The quantitative estimate of drug-likeness (QED) is 0.416. The molecule has 0 aliphatic rings. The lowest BCUT2D eigenvalue weighted by Crippen LogP contribution is -2.09. The number of hydrogen-bond acceptors (Lipinski definition) is 3. The highest BCUT2D eigenvalue weighted by atomic mass is 35.5. The summed E-state index contributed by atoms with van der Waals surface area (Å²) in [5.41, 5.74) is 2.83. The van der Waals surface area contributed by atoms with Crippen molar-refractivity contribution in [3.05, 3.63) is 75.8 Å². The zero-order valence-corrected chi connectivity index (χ0v) is 16.6. The third-order valence-electron chi connectivity index (χ3n) is 4.77. The molecule has 1 heterocycles. The van der Waals surface area contributed by atoms with Crippen LogP contribution in [-0.2, 0) is 11.3 Å². The van der Waals surface area contributed by atoms with E-state index in [1.54, 1.807) is 42.5 Å². The first kappa shape index (κ1) is 19.3. The van der Waals surface area contributed by atoms with Crippen LogP contribution in [0.1, 0.15) is 15.9 Å². The second kappa shape index (κ2) is 7.78. The SMILES string of the molecule is O=Cc1cccc2c1c1c(OCC(=O)O)cccc1n2Cc1c(Cl)cccc1Cl. The number of carboxylic acids is 1. The molecular weight excluding hydrogens is 413 g/mol. The van der Waals surface area contributed by atoms with E-state index in [0.29, 0.717) is 38.7 Å². The van der Waals surface area contributed by atoms with Crippen molar-refractivity contribution in [2.45, 2.75) is 6.54 Å². The number of aldehydes is 1. The van der Waals surface area contributed by atoms with E-state index in [-0.39, 0.29) is 0 Å². The molecule has 0 atom stereocenters. The highest BCUT2D eigenvalue weighted by molar-refractivity contribution is 6.36. The first-order valence-corrected chi connectivity index (χ1v) is 9.53. The molecule has 3 aromatic carbocycles. The van der Waals surface area contributed by atoms with Crippen molar-refractivity contribution in [1.82, 2.24) is 4.57 Å². The molecule has 0 radical (unpaired) electrons. The van der Waals surface area contributed by atoms with Gasteiger partial charge in [0.05, 0.1) is 23.0 Å². The number of carbonyl (C=O) groups excluding carboxylic acids is 1. The third-order valence-corrected chi connectivity index (χ3v) is 5.47. The van der Waals surface area contributed by atoms with Gasteiger partial charge in [-0.25, -0.2) is 4.79 Å². The Kier molecular flexibility index (Phi) is 5.18. The first-order chi connectivity index (χ1) is 14.0. The summed E-state index contributed by atoms with van der Waals surface area (Å²) >= 11 is 12.8. The molecule has 0 fully saturated rings. The number of nitrogens with zero attached hydrogens (tertiary/aromatic N) is 1. The summed E-state index contributed by atoms with van der Waals surface area (Å²) in [7, 11) is 0. The lowest BCUT2D eigenvalue weighted by atomic mass is 10.1. The normalized spacial score (nSPS) is 11.1. The standard InChI is InChI=1S/C22H15Cl2NO4/c23-15-5-2-6-16(24)14(15)10-25-17-7-1-4-13(11-26)21(17)22-18(25)8-3-9-19(22)29-12-20(27)28/h1-9,11H,10,12H2,(H,27,28). The molecule has 1 N–H and O–H groups in total. The van der Waals surface area contributed by atoms with Gasteiger partial charge in [0.1, 0.15) is 5.75 Å². The van der Waals surface area contributed by atoms with Gasteiger partial charge in [0, 0.05) is 26.6 Å². The molecule has 0 saturated heterocycles. The maximum Gasteiger partial charge on any atom is 0.341 e. The van der Waals surface area contributed by atoms with E-state index in [2.05, 4.69) is 0 Å². The van der Waals surface area contributed by atoms with Crippen molar-refractivity contribution >= 4 is 57.3 Å². The highest BCUT2D eigenvalue weighted by Gasteiger charge is 2.19. The van der Waals surface area contributed by atoms with Crippen molar-refractivity contribution in [2.75, 3.05) is 6.61 Å². The van der Waals surface area contributed by atoms with Gasteiger partial charge in [-0.2, -0.15) is 0 Å². The minimum absolute atomic E-state index is 0.378. The third kappa shape index (κ3) is 3.43. The van der Waals surface area contributed by atoms with Crippen molar-refractivity contribution in [1.29, 1.82) is 0 Å². The fourth-order valence-electron chi connectivity index (χ4n) is 3.55. The fourth-order valence-corrected chi connectivity index (χ4v) is 4.07. The Balaban J connectivity index is 2.02. The molecule has 1 aromatic heterocycles. The molecule has 7 heteroatoms. The molecule has 0 spiro atoms. The number of benzene rings is 3. The van der Waals surface area contributed by atoms with E-state index in [0.717, 1.165) is 22.9 Å². The summed E-state index contributed by atoms with van der Waals surface area (Å²) < 4.78 is 7.52. The lowest BCUT2D eigenvalue weighted by molar-refractivity contribution is -0.139. The topological polar surface area (TPSA) is 68.5 Å². The smallest absolute Gasteiger partial charge is 0.341 e. The summed E-state index contributed by atoms with van der Waals surface area (Å²) in [5.74, 6) is -0.683. The molecule has 4 aromatic rings. The zero-order valence-electron chi connectivity index (χ0n) is 15.1. The maximum absolute atomic E-state index is 11.7. The molecule has 146 valence electrons. The minimum Gasteiger partial charge on any atom is -0.481 e. The summed E-state index contributed by atoms with van der Waals surface area (Å²) in [6, 6.07) is 16.1. The second-order valence-corrected chi connectivity index (χ2v) is 7.29. The van der Waals surface area contributed by atoms with Gasteiger partial charge in [-0.05, 0) is 30.3 Å². The largest absolute Gasteiger partial charge is 0.481 e. The number of ether oxygens (including phenoxy) is 1. The number of carboxylic acid groups (broad SMARTS) is 1. The fraction of sp³-hybridized carbons (Fsp3) is 0.0909. The van der Waals surface area contributed by atoms with Crippen molar-refractivity contribution in [3.63, 3.8) is 0 Å². The summed E-state index contributed by atoms with van der Waals surface area (Å²) in [4.78, 5) is 22.7. The van der Waals surface area contributed by atoms with E-state index in [1.807, 2.05) is 16.7 Å². The monoisotopic (exact) mass is 427 g/mol. The molecule has 0 bridgehead atoms. The number of rotatable bonds is 6. The summed E-state index contributed by atoms with van der Waals surface area (Å²) in [6.07, 6.45) is 0.780. The Bertz CT molecular complexity index is 1240. The first-order valence-electron chi connectivity index (χ1n) is 8.78. The molecule has 4 rings (SSSR count). The van der Waals surface area contributed by atoms with Crippen LogP contribution in [0.4, 0.5) is 0 Å². The van der Waals surface area contributed by atoms with Crippen LogP contribution in [0.15, 0.2) is 54.6 Å². The Labute approximate surface area is 176 Å². The van der Waals surface area contributed by atoms with E-state index in [4.69, 9.17) is 33.0 Å². The number of aromatic nitrogens is 1. The van der Waals surface area contributed by atoms with Gasteiger partial charge in [-0.15, -0.1) is 0 Å². The molecule has 5 nitrogen and oxygen atoms in total. The van der Waals surface area contributed by atoms with Crippen LogP contribution in [0.2, 0.25) is 10.0 Å². The molecule has 0 saturated carbocycles. The van der Waals surface area contributed by atoms with Crippen molar-refractivity contribution in [3.8, 4) is 5.75 Å². The van der Waals surface area contributed by atoms with Gasteiger partial charge in [-0.1, -0.05) is 47.5 Å². The predicted molar refractivity (Wildman–Crippen MR) is 114 cm³/mol. The predicted octanol–water partition coefficient (Wildman–Crippen LogP) is 5.43. The Morgan fingerprint density at radius 2 is 1.59 bits per heavy atom. The van der Waals surface area contributed by atoms with Crippen LogP contribution >= 0.6 is 23.2 Å². The van der Waals surface area contributed by atoms with Gasteiger partial charge in [0.25, 0.3) is 0 Å². The average Bonchev–Trinajstić information content (AvgIpc) is 3.03. The van der Waals surface area contributed by atoms with Crippen LogP contribution in [0, 0.1) is 0 Å². The van der Waals surface area contributed by atoms with Gasteiger partial charge in [0.15, 0.2) is 12.9 Å². The van der Waals surface area contributed by atoms with Crippen LogP contribution in [0.3, 0.4) is 0 Å². The maximum atomic E-state index is 11.7. The van der Waals surface area contributed by atoms with E-state index < -0.39 is 12.6 Å². The summed E-state index contributed by atoms with van der Waals surface area (Å²) in [6.45, 7) is -0.103. The van der Waals surface area contributed by atoms with Crippen LogP contribution < -0.4 is 4.74 Å². The van der Waals surface area contributed by atoms with Crippen LogP contribution in [0.25, 0.3) is 21.8 Å². The highest BCUT2D eigenvalue weighted by Crippen LogP contribution is 2.38. The van der Waals surface area contributed by atoms with Gasteiger partial charge < -0.3 is 14.4 Å². The minimum atomic E-state index is -1.08. The average molecular weight is 428 g/mol.